The molecule has 30 heavy (non-hydrogen) atoms. The number of piperidine rings is 1. The predicted molar refractivity (Wildman–Crippen MR) is 114 cm³/mol. The second kappa shape index (κ2) is 9.42. The van der Waals surface area contributed by atoms with Gasteiger partial charge in [0.15, 0.2) is 0 Å². The minimum Gasteiger partial charge on any atom is -0.383 e. The number of carbonyl (C=O) groups excluding carboxylic acids is 2. The number of hydrogen-bond acceptors (Lipinski definition) is 6. The van der Waals surface area contributed by atoms with Crippen LogP contribution in [0.25, 0.3) is 0 Å². The number of rotatable bonds is 6. The summed E-state index contributed by atoms with van der Waals surface area (Å²) >= 11 is 5.84. The molecule has 1 aliphatic heterocycles. The Morgan fingerprint density at radius 1 is 1.33 bits per heavy atom. The molecule has 0 aliphatic carbocycles. The average Bonchev–Trinajstić information content (AvgIpc) is 3.13. The van der Waals surface area contributed by atoms with E-state index < -0.39 is 6.04 Å². The van der Waals surface area contributed by atoms with Crippen LogP contribution in [0.2, 0.25) is 5.28 Å². The molecular formula is C20H28ClN7O2. The summed E-state index contributed by atoms with van der Waals surface area (Å²) in [5.74, 6) is 0.593. The first-order valence-corrected chi connectivity index (χ1v) is 10.5. The van der Waals surface area contributed by atoms with Crippen molar-refractivity contribution < 1.29 is 9.59 Å². The molecule has 10 heteroatoms. The molecule has 2 aromatic rings. The lowest BCUT2D eigenvalue weighted by Crippen LogP contribution is -2.49. The van der Waals surface area contributed by atoms with E-state index in [0.29, 0.717) is 30.4 Å². The number of nitrogens with one attached hydrogen (secondary N) is 1. The highest BCUT2D eigenvalue weighted by Crippen LogP contribution is 2.25. The van der Waals surface area contributed by atoms with Gasteiger partial charge in [-0.2, -0.15) is 5.10 Å². The van der Waals surface area contributed by atoms with Crippen LogP contribution in [0.15, 0.2) is 12.4 Å². The van der Waals surface area contributed by atoms with E-state index in [0.717, 1.165) is 36.9 Å². The van der Waals surface area contributed by atoms with Crippen LogP contribution in [0.3, 0.4) is 0 Å². The largest absolute Gasteiger partial charge is 0.383 e. The number of amides is 2. The van der Waals surface area contributed by atoms with Gasteiger partial charge in [0.1, 0.15) is 11.9 Å². The highest BCUT2D eigenvalue weighted by Gasteiger charge is 2.27. The number of nitrogens with zero attached hydrogens (tertiary/aromatic N) is 5. The Hall–Kier alpha value is -2.68. The zero-order valence-corrected chi connectivity index (χ0v) is 18.3. The van der Waals surface area contributed by atoms with Gasteiger partial charge in [0.2, 0.25) is 11.2 Å². The monoisotopic (exact) mass is 433 g/mol. The normalized spacial score (nSPS) is 15.8. The molecule has 1 atom stereocenters. The van der Waals surface area contributed by atoms with E-state index >= 15 is 0 Å². The minimum atomic E-state index is -0.581. The lowest BCUT2D eigenvalue weighted by molar-refractivity contribution is -0.134. The summed E-state index contributed by atoms with van der Waals surface area (Å²) in [6, 6.07) is -0.581. The van der Waals surface area contributed by atoms with Crippen LogP contribution in [0.1, 0.15) is 47.8 Å². The number of halogens is 1. The van der Waals surface area contributed by atoms with Crippen molar-refractivity contribution in [3.05, 3.63) is 34.5 Å². The van der Waals surface area contributed by atoms with Crippen LogP contribution in [0.4, 0.5) is 5.82 Å². The van der Waals surface area contributed by atoms with Crippen molar-refractivity contribution in [2.75, 3.05) is 18.8 Å². The zero-order chi connectivity index (χ0) is 21.8. The molecule has 2 aromatic heterocycles. The number of anilines is 1. The summed E-state index contributed by atoms with van der Waals surface area (Å²) in [7, 11) is 1.74. The van der Waals surface area contributed by atoms with Crippen molar-refractivity contribution in [3.63, 3.8) is 0 Å². The van der Waals surface area contributed by atoms with Crippen molar-refractivity contribution in [1.82, 2.24) is 30.0 Å². The fourth-order valence-corrected chi connectivity index (χ4v) is 4.05. The lowest BCUT2D eigenvalue weighted by atomic mass is 9.90. The maximum absolute atomic E-state index is 12.7. The Bertz CT molecular complexity index is 899. The number of nitrogen functional groups attached to an aromatic ring is 1. The lowest BCUT2D eigenvalue weighted by Gasteiger charge is -2.33. The molecule has 0 bridgehead atoms. The second-order valence-corrected chi connectivity index (χ2v) is 8.19. The summed E-state index contributed by atoms with van der Waals surface area (Å²) in [5, 5.41) is 6.91. The highest BCUT2D eigenvalue weighted by atomic mass is 35.5. The zero-order valence-electron chi connectivity index (χ0n) is 17.6. The molecule has 1 aliphatic rings. The maximum atomic E-state index is 12.7. The Morgan fingerprint density at radius 2 is 2.03 bits per heavy atom. The molecule has 3 heterocycles. The van der Waals surface area contributed by atoms with Gasteiger partial charge in [0.05, 0.1) is 11.8 Å². The van der Waals surface area contributed by atoms with Gasteiger partial charge in [-0.1, -0.05) is 0 Å². The molecule has 2 amide bonds. The predicted octanol–water partition coefficient (Wildman–Crippen LogP) is 1.74. The van der Waals surface area contributed by atoms with E-state index in [2.05, 4.69) is 20.4 Å². The van der Waals surface area contributed by atoms with Crippen LogP contribution in [0, 0.1) is 12.8 Å². The van der Waals surface area contributed by atoms with E-state index in [1.165, 1.54) is 6.20 Å². The fourth-order valence-electron chi connectivity index (χ4n) is 3.84. The van der Waals surface area contributed by atoms with Gasteiger partial charge in [-0.3, -0.25) is 14.3 Å². The number of aryl methyl sites for hydroxylation is 2. The van der Waals surface area contributed by atoms with E-state index in [9.17, 15) is 9.59 Å². The highest BCUT2D eigenvalue weighted by molar-refractivity contribution is 6.28. The maximum Gasteiger partial charge on any atom is 0.255 e. The molecule has 3 N–H and O–H groups in total. The first-order chi connectivity index (χ1) is 14.2. The van der Waals surface area contributed by atoms with E-state index in [-0.39, 0.29) is 17.1 Å². The van der Waals surface area contributed by atoms with Crippen molar-refractivity contribution in [1.29, 1.82) is 0 Å². The van der Waals surface area contributed by atoms with Gasteiger partial charge in [-0.25, -0.2) is 9.97 Å². The van der Waals surface area contributed by atoms with Crippen molar-refractivity contribution in [2.24, 2.45) is 13.0 Å². The third kappa shape index (κ3) is 5.27. The summed E-state index contributed by atoms with van der Waals surface area (Å²) in [6.45, 7) is 4.97. The third-order valence-corrected chi connectivity index (χ3v) is 5.80. The summed E-state index contributed by atoms with van der Waals surface area (Å²) in [5.41, 5.74) is 8.20. The number of carbonyl (C=O) groups is 2. The molecule has 0 radical (unpaired) electrons. The number of nitrogens with two attached hydrogens (primary N) is 1. The Balaban J connectivity index is 1.46. The van der Waals surface area contributed by atoms with Crippen LogP contribution < -0.4 is 11.1 Å². The number of hydrogen-bond donors (Lipinski definition) is 2. The summed E-state index contributed by atoms with van der Waals surface area (Å²) in [6.07, 6.45) is 6.71. The summed E-state index contributed by atoms with van der Waals surface area (Å²) in [4.78, 5) is 35.0. The van der Waals surface area contributed by atoms with Crippen molar-refractivity contribution in [3.8, 4) is 0 Å². The van der Waals surface area contributed by atoms with Crippen LogP contribution >= 0.6 is 11.6 Å². The molecule has 162 valence electrons. The molecule has 0 saturated carbocycles. The first-order valence-electron chi connectivity index (χ1n) is 10.1. The smallest absolute Gasteiger partial charge is 0.255 e. The minimum absolute atomic E-state index is 0.0584. The standard InChI is InChI=1S/C20H28ClN7O2/c1-12-16(17(22)26-20(21)25-12)5-4-14-6-8-28(9-7-14)19(30)13(2)24-18(29)15-10-23-27(3)11-15/h10-11,13-14H,4-9H2,1-3H3,(H,24,29)(H2,22,25,26). The van der Waals surface area contributed by atoms with Gasteiger partial charge in [-0.15, -0.1) is 0 Å². The van der Waals surface area contributed by atoms with Gasteiger partial charge < -0.3 is 16.0 Å². The fraction of sp³-hybridized carbons (Fsp3) is 0.550. The molecule has 1 unspecified atom stereocenters. The number of aromatic nitrogens is 4. The molecule has 3 rings (SSSR count). The molecule has 1 fully saturated rings. The van der Waals surface area contributed by atoms with E-state index in [1.807, 2.05) is 11.8 Å². The SMILES string of the molecule is Cc1nc(Cl)nc(N)c1CCC1CCN(C(=O)C(C)NC(=O)c2cnn(C)c2)CC1. The van der Waals surface area contributed by atoms with Crippen molar-refractivity contribution in [2.45, 2.75) is 45.6 Å². The van der Waals surface area contributed by atoms with E-state index in [1.54, 1.807) is 24.9 Å². The molecule has 0 aromatic carbocycles. The van der Waals surface area contributed by atoms with Crippen LogP contribution in [-0.2, 0) is 18.3 Å². The Morgan fingerprint density at radius 3 is 2.63 bits per heavy atom. The molecular weight excluding hydrogens is 406 g/mol. The molecule has 1 saturated heterocycles. The topological polar surface area (TPSA) is 119 Å². The van der Waals surface area contributed by atoms with Gasteiger partial charge in [-0.05, 0) is 57.0 Å². The number of likely N-dealkylation sites (tertiary alicyclic amines) is 1. The molecule has 0 spiro atoms. The quantitative estimate of drug-likeness (QED) is 0.669. The van der Waals surface area contributed by atoms with Gasteiger partial charge in [0, 0.05) is 37.6 Å². The third-order valence-electron chi connectivity index (χ3n) is 5.63. The first kappa shape index (κ1) is 22.0. The van der Waals surface area contributed by atoms with Crippen LogP contribution in [-0.4, -0.2) is 55.6 Å². The average molecular weight is 434 g/mol. The van der Waals surface area contributed by atoms with Gasteiger partial charge >= 0.3 is 0 Å². The van der Waals surface area contributed by atoms with Crippen LogP contribution in [0.5, 0.6) is 0 Å². The van der Waals surface area contributed by atoms with Crippen molar-refractivity contribution >= 4 is 29.2 Å². The Labute approximate surface area is 181 Å². The summed E-state index contributed by atoms with van der Waals surface area (Å²) < 4.78 is 1.55. The second-order valence-electron chi connectivity index (χ2n) is 7.85. The molecule has 9 nitrogen and oxygen atoms in total. The van der Waals surface area contributed by atoms with Gasteiger partial charge in [0.25, 0.3) is 5.91 Å². The van der Waals surface area contributed by atoms with E-state index in [4.69, 9.17) is 17.3 Å². The Kier molecular flexibility index (Phi) is 6.91.